The molecule has 1 fully saturated rings. The summed E-state index contributed by atoms with van der Waals surface area (Å²) in [7, 11) is 3.57. The first-order chi connectivity index (χ1) is 12.4. The number of hydrogen-bond donors (Lipinski definition) is 1. The summed E-state index contributed by atoms with van der Waals surface area (Å²) in [5.41, 5.74) is 1.61. The molecule has 2 amide bonds. The fourth-order valence-electron chi connectivity index (χ4n) is 3.21. The van der Waals surface area contributed by atoms with E-state index < -0.39 is 0 Å². The summed E-state index contributed by atoms with van der Waals surface area (Å²) in [6.07, 6.45) is 4.27. The van der Waals surface area contributed by atoms with Gasteiger partial charge in [-0.2, -0.15) is 0 Å². The molecular weight excluding hydrogens is 333 g/mol. The summed E-state index contributed by atoms with van der Waals surface area (Å²) in [6, 6.07) is 6.05. The van der Waals surface area contributed by atoms with Crippen molar-refractivity contribution in [1.82, 2.24) is 15.1 Å². The maximum absolute atomic E-state index is 12.9. The zero-order chi connectivity index (χ0) is 19.1. The molecule has 0 aromatic heterocycles. The van der Waals surface area contributed by atoms with E-state index in [2.05, 4.69) is 10.2 Å². The smallest absolute Gasteiger partial charge is 0.244 e. The molecule has 1 unspecified atom stereocenters. The average molecular weight is 361 g/mol. The van der Waals surface area contributed by atoms with E-state index in [1.54, 1.807) is 31.1 Å². The molecule has 0 saturated carbocycles. The number of halogens is 1. The minimum atomic E-state index is -0.293. The van der Waals surface area contributed by atoms with Gasteiger partial charge < -0.3 is 10.2 Å². The van der Waals surface area contributed by atoms with Crippen molar-refractivity contribution in [3.63, 3.8) is 0 Å². The van der Waals surface area contributed by atoms with Gasteiger partial charge in [0.05, 0.1) is 6.04 Å². The van der Waals surface area contributed by atoms with Gasteiger partial charge in [-0.05, 0) is 56.0 Å². The van der Waals surface area contributed by atoms with E-state index in [4.69, 9.17) is 0 Å². The second-order valence-electron chi connectivity index (χ2n) is 6.91. The van der Waals surface area contributed by atoms with Gasteiger partial charge in [0.2, 0.25) is 11.8 Å². The summed E-state index contributed by atoms with van der Waals surface area (Å²) < 4.78 is 12.9. The standard InChI is InChI=1S/C20H28FN3O2/c1-15(16-7-9-17(21)10-8-16)14-19(25)22-11-5-13-24-12-4-6-18(24)20(26)23(2)3/h7-10,14,18H,4-6,11-13H2,1-3H3,(H,22,25)/b15-14-. The van der Waals surface area contributed by atoms with Crippen LogP contribution in [0.2, 0.25) is 0 Å². The zero-order valence-corrected chi connectivity index (χ0v) is 15.8. The van der Waals surface area contributed by atoms with Crippen molar-refractivity contribution in [3.05, 3.63) is 41.7 Å². The average Bonchev–Trinajstić information content (AvgIpc) is 3.06. The Balaban J connectivity index is 1.75. The topological polar surface area (TPSA) is 52.7 Å². The molecule has 1 aliphatic heterocycles. The molecule has 2 rings (SSSR count). The first-order valence-corrected chi connectivity index (χ1v) is 9.06. The number of nitrogens with zero attached hydrogens (tertiary/aromatic N) is 2. The molecule has 0 radical (unpaired) electrons. The van der Waals surface area contributed by atoms with Crippen LogP contribution in [0.25, 0.3) is 5.57 Å². The van der Waals surface area contributed by atoms with Gasteiger partial charge in [0.25, 0.3) is 0 Å². The van der Waals surface area contributed by atoms with Crippen LogP contribution in [0.15, 0.2) is 30.3 Å². The summed E-state index contributed by atoms with van der Waals surface area (Å²) in [5, 5.41) is 2.87. The molecule has 1 aromatic carbocycles. The molecule has 1 aromatic rings. The third-order valence-electron chi connectivity index (χ3n) is 4.66. The largest absolute Gasteiger partial charge is 0.352 e. The van der Waals surface area contributed by atoms with Gasteiger partial charge in [-0.3, -0.25) is 14.5 Å². The molecule has 1 aliphatic rings. The van der Waals surface area contributed by atoms with Crippen LogP contribution >= 0.6 is 0 Å². The molecule has 5 nitrogen and oxygen atoms in total. The number of likely N-dealkylation sites (N-methyl/N-ethyl adjacent to an activating group) is 1. The highest BCUT2D eigenvalue weighted by Crippen LogP contribution is 2.18. The Labute approximate surface area is 154 Å². The van der Waals surface area contributed by atoms with Crippen molar-refractivity contribution >= 4 is 17.4 Å². The molecule has 0 aliphatic carbocycles. The molecule has 142 valence electrons. The normalized spacial score (nSPS) is 18.0. The summed E-state index contributed by atoms with van der Waals surface area (Å²) in [5.74, 6) is -0.294. The Morgan fingerprint density at radius 2 is 2.00 bits per heavy atom. The number of amides is 2. The number of nitrogens with one attached hydrogen (secondary N) is 1. The van der Waals surface area contributed by atoms with E-state index in [1.807, 2.05) is 6.92 Å². The highest BCUT2D eigenvalue weighted by molar-refractivity contribution is 5.94. The maximum Gasteiger partial charge on any atom is 0.244 e. The van der Waals surface area contributed by atoms with E-state index in [1.165, 1.54) is 18.2 Å². The molecule has 0 spiro atoms. The number of allylic oxidation sites excluding steroid dienone is 1. The molecule has 26 heavy (non-hydrogen) atoms. The Hall–Kier alpha value is -2.21. The van der Waals surface area contributed by atoms with Gasteiger partial charge in [0.1, 0.15) is 5.82 Å². The number of likely N-dealkylation sites (tertiary alicyclic amines) is 1. The second-order valence-corrected chi connectivity index (χ2v) is 6.91. The quantitative estimate of drug-likeness (QED) is 0.599. The van der Waals surface area contributed by atoms with Crippen LogP contribution in [0.4, 0.5) is 4.39 Å². The third-order valence-corrected chi connectivity index (χ3v) is 4.66. The van der Waals surface area contributed by atoms with E-state index in [0.29, 0.717) is 6.54 Å². The predicted molar refractivity (Wildman–Crippen MR) is 101 cm³/mol. The molecule has 0 bridgehead atoms. The molecule has 1 atom stereocenters. The number of carbonyl (C=O) groups is 2. The van der Waals surface area contributed by atoms with Gasteiger partial charge in [-0.15, -0.1) is 0 Å². The van der Waals surface area contributed by atoms with E-state index in [0.717, 1.165) is 43.5 Å². The van der Waals surface area contributed by atoms with Gasteiger partial charge in [-0.25, -0.2) is 4.39 Å². The Bertz CT molecular complexity index is 656. The van der Waals surface area contributed by atoms with Crippen molar-refractivity contribution in [2.75, 3.05) is 33.7 Å². The van der Waals surface area contributed by atoms with Crippen LogP contribution in [0.5, 0.6) is 0 Å². The Morgan fingerprint density at radius 1 is 1.31 bits per heavy atom. The first-order valence-electron chi connectivity index (χ1n) is 9.06. The Kier molecular flexibility index (Phi) is 7.33. The van der Waals surface area contributed by atoms with Crippen LogP contribution in [0, 0.1) is 5.82 Å². The van der Waals surface area contributed by atoms with Gasteiger partial charge in [0, 0.05) is 33.3 Å². The third kappa shape index (κ3) is 5.66. The number of hydrogen-bond acceptors (Lipinski definition) is 3. The van der Waals surface area contributed by atoms with Gasteiger partial charge in [0.15, 0.2) is 0 Å². The van der Waals surface area contributed by atoms with Crippen LogP contribution in [0.1, 0.15) is 31.7 Å². The summed E-state index contributed by atoms with van der Waals surface area (Å²) >= 11 is 0. The van der Waals surface area contributed by atoms with Crippen molar-refractivity contribution in [2.24, 2.45) is 0 Å². The highest BCUT2D eigenvalue weighted by atomic mass is 19.1. The van der Waals surface area contributed by atoms with Crippen molar-refractivity contribution < 1.29 is 14.0 Å². The number of benzene rings is 1. The minimum absolute atomic E-state index is 0.0266. The van der Waals surface area contributed by atoms with Crippen LogP contribution < -0.4 is 5.32 Å². The molecule has 1 N–H and O–H groups in total. The maximum atomic E-state index is 12.9. The minimum Gasteiger partial charge on any atom is -0.352 e. The predicted octanol–water partition coefficient (Wildman–Crippen LogP) is 2.29. The number of carbonyl (C=O) groups excluding carboxylic acids is 2. The lowest BCUT2D eigenvalue weighted by atomic mass is 10.1. The number of rotatable bonds is 7. The van der Waals surface area contributed by atoms with Gasteiger partial charge in [-0.1, -0.05) is 12.1 Å². The van der Waals surface area contributed by atoms with E-state index >= 15 is 0 Å². The monoisotopic (exact) mass is 361 g/mol. The van der Waals surface area contributed by atoms with Gasteiger partial charge >= 0.3 is 0 Å². The first kappa shape index (κ1) is 20.1. The fourth-order valence-corrected chi connectivity index (χ4v) is 3.21. The van der Waals surface area contributed by atoms with E-state index in [-0.39, 0.29) is 23.7 Å². The zero-order valence-electron chi connectivity index (χ0n) is 15.8. The van der Waals surface area contributed by atoms with E-state index in [9.17, 15) is 14.0 Å². The van der Waals surface area contributed by atoms with Crippen molar-refractivity contribution in [2.45, 2.75) is 32.2 Å². The van der Waals surface area contributed by atoms with Crippen LogP contribution in [-0.4, -0.2) is 61.4 Å². The molecular formula is C20H28FN3O2. The van der Waals surface area contributed by atoms with Crippen LogP contribution in [-0.2, 0) is 9.59 Å². The van der Waals surface area contributed by atoms with Crippen molar-refractivity contribution in [1.29, 1.82) is 0 Å². The second kappa shape index (κ2) is 9.48. The SMILES string of the molecule is C/C(=C/C(=O)NCCCN1CCCC1C(=O)N(C)C)c1ccc(F)cc1. The molecule has 1 heterocycles. The molecule has 6 heteroatoms. The summed E-state index contributed by atoms with van der Waals surface area (Å²) in [4.78, 5) is 28.0. The lowest BCUT2D eigenvalue weighted by Crippen LogP contribution is -2.43. The highest BCUT2D eigenvalue weighted by Gasteiger charge is 2.30. The molecule has 1 saturated heterocycles. The lowest BCUT2D eigenvalue weighted by Gasteiger charge is -2.25. The summed E-state index contributed by atoms with van der Waals surface area (Å²) in [6.45, 7) is 4.12. The lowest BCUT2D eigenvalue weighted by molar-refractivity contribution is -0.133. The Morgan fingerprint density at radius 3 is 2.65 bits per heavy atom. The van der Waals surface area contributed by atoms with Crippen molar-refractivity contribution in [3.8, 4) is 0 Å². The van der Waals surface area contributed by atoms with Crippen LogP contribution in [0.3, 0.4) is 0 Å². The fraction of sp³-hybridized carbons (Fsp3) is 0.500.